The topological polar surface area (TPSA) is 49.4 Å². The normalized spacial score (nSPS) is 10.4. The fourth-order valence-corrected chi connectivity index (χ4v) is 2.99. The molecule has 0 aliphatic carbocycles. The lowest BCUT2D eigenvalue weighted by molar-refractivity contribution is -0.131. The zero-order valence-electron chi connectivity index (χ0n) is 14.5. The molecule has 2 aromatic rings. The standard InChI is InChI=1S/C19H21FN2O2S/c1-13-4-5-14(2)17(10-13)21-18(23)11-22(3)19(24)12-25-16-8-6-15(20)7-9-16/h4-10H,11-12H2,1-3H3,(H,21,23). The fourth-order valence-electron chi connectivity index (χ4n) is 2.15. The third kappa shape index (κ3) is 5.90. The minimum atomic E-state index is -0.309. The molecule has 2 amide bonds. The van der Waals surface area contributed by atoms with E-state index in [9.17, 15) is 14.0 Å². The summed E-state index contributed by atoms with van der Waals surface area (Å²) in [4.78, 5) is 26.5. The third-order valence-electron chi connectivity index (χ3n) is 3.65. The average molecular weight is 360 g/mol. The first-order chi connectivity index (χ1) is 11.8. The molecule has 6 heteroatoms. The molecule has 0 unspecified atom stereocenters. The Bertz CT molecular complexity index is 763. The number of anilines is 1. The van der Waals surface area contributed by atoms with Crippen LogP contribution in [0.5, 0.6) is 0 Å². The molecule has 25 heavy (non-hydrogen) atoms. The van der Waals surface area contributed by atoms with Crippen molar-refractivity contribution in [3.8, 4) is 0 Å². The Balaban J connectivity index is 1.84. The van der Waals surface area contributed by atoms with Gasteiger partial charge in [0.2, 0.25) is 11.8 Å². The Morgan fingerprint density at radius 3 is 2.48 bits per heavy atom. The molecule has 0 aliphatic heterocycles. The summed E-state index contributed by atoms with van der Waals surface area (Å²) in [5.74, 6) is -0.517. The summed E-state index contributed by atoms with van der Waals surface area (Å²) in [6.07, 6.45) is 0. The molecule has 0 radical (unpaired) electrons. The van der Waals surface area contributed by atoms with Crippen LogP contribution in [0.25, 0.3) is 0 Å². The molecular formula is C19H21FN2O2S. The Morgan fingerprint density at radius 2 is 1.80 bits per heavy atom. The van der Waals surface area contributed by atoms with Crippen molar-refractivity contribution in [2.45, 2.75) is 18.7 Å². The largest absolute Gasteiger partial charge is 0.336 e. The maximum atomic E-state index is 12.9. The summed E-state index contributed by atoms with van der Waals surface area (Å²) in [6.45, 7) is 3.86. The number of nitrogens with zero attached hydrogens (tertiary/aromatic N) is 1. The highest BCUT2D eigenvalue weighted by Crippen LogP contribution is 2.19. The van der Waals surface area contributed by atoms with Crippen LogP contribution in [0.4, 0.5) is 10.1 Å². The Labute approximate surface area is 151 Å². The number of carbonyl (C=O) groups excluding carboxylic acids is 2. The number of carbonyl (C=O) groups is 2. The van der Waals surface area contributed by atoms with E-state index in [2.05, 4.69) is 5.32 Å². The van der Waals surface area contributed by atoms with Crippen LogP contribution in [-0.2, 0) is 9.59 Å². The first-order valence-corrected chi connectivity index (χ1v) is 8.83. The Hall–Kier alpha value is -2.34. The first-order valence-electron chi connectivity index (χ1n) is 7.84. The van der Waals surface area contributed by atoms with Crippen LogP contribution in [0.1, 0.15) is 11.1 Å². The molecule has 132 valence electrons. The molecule has 1 N–H and O–H groups in total. The van der Waals surface area contributed by atoms with Gasteiger partial charge in [0.15, 0.2) is 0 Å². The van der Waals surface area contributed by atoms with Crippen LogP contribution in [-0.4, -0.2) is 36.1 Å². The molecule has 4 nitrogen and oxygen atoms in total. The van der Waals surface area contributed by atoms with Crippen LogP contribution >= 0.6 is 11.8 Å². The van der Waals surface area contributed by atoms with Gasteiger partial charge >= 0.3 is 0 Å². The predicted molar refractivity (Wildman–Crippen MR) is 99.3 cm³/mol. The van der Waals surface area contributed by atoms with Crippen molar-refractivity contribution in [1.82, 2.24) is 4.90 Å². The molecule has 2 aromatic carbocycles. The smallest absolute Gasteiger partial charge is 0.243 e. The van der Waals surface area contributed by atoms with Crippen LogP contribution in [0.15, 0.2) is 47.4 Å². The molecular weight excluding hydrogens is 339 g/mol. The predicted octanol–water partition coefficient (Wildman–Crippen LogP) is 3.63. The molecule has 0 atom stereocenters. The lowest BCUT2D eigenvalue weighted by Crippen LogP contribution is -2.36. The van der Waals surface area contributed by atoms with Gasteiger partial charge in [0.05, 0.1) is 12.3 Å². The number of nitrogens with one attached hydrogen (secondary N) is 1. The number of aryl methyl sites for hydroxylation is 2. The summed E-state index contributed by atoms with van der Waals surface area (Å²) >= 11 is 1.31. The van der Waals surface area contributed by atoms with Gasteiger partial charge in [-0.3, -0.25) is 9.59 Å². The monoisotopic (exact) mass is 360 g/mol. The van der Waals surface area contributed by atoms with Crippen LogP contribution in [0, 0.1) is 19.7 Å². The Kier molecular flexibility index (Phi) is 6.58. The van der Waals surface area contributed by atoms with Crippen molar-refractivity contribution < 1.29 is 14.0 Å². The molecule has 2 rings (SSSR count). The van der Waals surface area contributed by atoms with Crippen molar-refractivity contribution >= 4 is 29.3 Å². The highest BCUT2D eigenvalue weighted by atomic mass is 32.2. The van der Waals surface area contributed by atoms with Crippen LogP contribution < -0.4 is 5.32 Å². The maximum Gasteiger partial charge on any atom is 0.243 e. The van der Waals surface area contributed by atoms with E-state index in [0.717, 1.165) is 21.7 Å². The highest BCUT2D eigenvalue weighted by Gasteiger charge is 2.14. The van der Waals surface area contributed by atoms with Crippen molar-refractivity contribution in [2.75, 3.05) is 24.7 Å². The summed E-state index contributed by atoms with van der Waals surface area (Å²) in [5, 5.41) is 2.84. The molecule has 0 aliphatic rings. The summed E-state index contributed by atoms with van der Waals surface area (Å²) in [6, 6.07) is 11.8. The van der Waals surface area contributed by atoms with Gasteiger partial charge in [-0.1, -0.05) is 12.1 Å². The molecule has 0 aromatic heterocycles. The van der Waals surface area contributed by atoms with E-state index in [1.54, 1.807) is 19.2 Å². The lowest BCUT2D eigenvalue weighted by Gasteiger charge is -2.17. The quantitative estimate of drug-likeness (QED) is 0.801. The van der Waals surface area contributed by atoms with Crippen molar-refractivity contribution in [2.24, 2.45) is 0 Å². The number of hydrogen-bond acceptors (Lipinski definition) is 3. The number of thioether (sulfide) groups is 1. The van der Waals surface area contributed by atoms with Gasteiger partial charge in [-0.05, 0) is 55.3 Å². The first kappa shape index (κ1) is 19.0. The molecule has 0 saturated carbocycles. The molecule has 0 heterocycles. The van der Waals surface area contributed by atoms with Gasteiger partial charge in [0.1, 0.15) is 5.82 Å². The van der Waals surface area contributed by atoms with E-state index in [1.807, 2.05) is 32.0 Å². The Morgan fingerprint density at radius 1 is 1.12 bits per heavy atom. The zero-order valence-corrected chi connectivity index (χ0v) is 15.3. The van der Waals surface area contributed by atoms with Gasteiger partial charge < -0.3 is 10.2 Å². The summed E-state index contributed by atoms with van der Waals surface area (Å²) in [5.41, 5.74) is 2.78. The van der Waals surface area contributed by atoms with E-state index >= 15 is 0 Å². The van der Waals surface area contributed by atoms with Crippen molar-refractivity contribution in [1.29, 1.82) is 0 Å². The highest BCUT2D eigenvalue weighted by molar-refractivity contribution is 8.00. The molecule has 0 spiro atoms. The SMILES string of the molecule is Cc1ccc(C)c(NC(=O)CN(C)C(=O)CSc2ccc(F)cc2)c1. The van der Waals surface area contributed by atoms with Crippen LogP contribution in [0.2, 0.25) is 0 Å². The minimum Gasteiger partial charge on any atom is -0.336 e. The zero-order chi connectivity index (χ0) is 18.4. The van der Waals surface area contributed by atoms with Gasteiger partial charge in [0.25, 0.3) is 0 Å². The number of amides is 2. The number of benzene rings is 2. The van der Waals surface area contributed by atoms with E-state index in [4.69, 9.17) is 0 Å². The molecule has 0 saturated heterocycles. The van der Waals surface area contributed by atoms with E-state index < -0.39 is 0 Å². The average Bonchev–Trinajstić information content (AvgIpc) is 2.57. The summed E-state index contributed by atoms with van der Waals surface area (Å²) < 4.78 is 12.9. The second kappa shape index (κ2) is 8.67. The van der Waals surface area contributed by atoms with E-state index in [1.165, 1.54) is 28.8 Å². The third-order valence-corrected chi connectivity index (χ3v) is 4.65. The summed E-state index contributed by atoms with van der Waals surface area (Å²) in [7, 11) is 1.59. The lowest BCUT2D eigenvalue weighted by atomic mass is 10.1. The van der Waals surface area contributed by atoms with Gasteiger partial charge in [0, 0.05) is 17.6 Å². The van der Waals surface area contributed by atoms with Crippen LogP contribution in [0.3, 0.4) is 0 Å². The molecule has 0 fully saturated rings. The van der Waals surface area contributed by atoms with Crippen molar-refractivity contribution in [3.63, 3.8) is 0 Å². The number of rotatable bonds is 6. The second-order valence-electron chi connectivity index (χ2n) is 5.86. The van der Waals surface area contributed by atoms with Gasteiger partial charge in [-0.2, -0.15) is 0 Å². The second-order valence-corrected chi connectivity index (χ2v) is 6.91. The van der Waals surface area contributed by atoms with Gasteiger partial charge in [-0.25, -0.2) is 4.39 Å². The number of hydrogen-bond donors (Lipinski definition) is 1. The number of likely N-dealkylation sites (N-methyl/N-ethyl adjacent to an activating group) is 1. The maximum absolute atomic E-state index is 12.9. The van der Waals surface area contributed by atoms with E-state index in [0.29, 0.717) is 0 Å². The van der Waals surface area contributed by atoms with Crippen molar-refractivity contribution in [3.05, 3.63) is 59.4 Å². The number of halogens is 1. The minimum absolute atomic E-state index is 0.0177. The molecule has 0 bridgehead atoms. The fraction of sp³-hybridized carbons (Fsp3) is 0.263. The van der Waals surface area contributed by atoms with Gasteiger partial charge in [-0.15, -0.1) is 11.8 Å². The van der Waals surface area contributed by atoms with E-state index in [-0.39, 0.29) is 29.9 Å².